The third-order valence-electron chi connectivity index (χ3n) is 5.14. The molecule has 0 bridgehead atoms. The number of pyridine rings is 1. The maximum atomic E-state index is 12.9. The topological polar surface area (TPSA) is 48.4 Å². The van der Waals surface area contributed by atoms with Crippen LogP contribution in [0.3, 0.4) is 0 Å². The number of hydrogen-bond acceptors (Lipinski definition) is 4. The number of rotatable bonds is 4. The van der Waals surface area contributed by atoms with Crippen LogP contribution in [0.25, 0.3) is 0 Å². The second kappa shape index (κ2) is 7.44. The van der Waals surface area contributed by atoms with Crippen LogP contribution in [0.1, 0.15) is 53.1 Å². The number of benzene rings is 1. The lowest BCUT2D eigenvalue weighted by molar-refractivity contribution is 0.0991. The molecule has 1 aliphatic heterocycles. The Morgan fingerprint density at radius 2 is 1.96 bits per heavy atom. The van der Waals surface area contributed by atoms with Gasteiger partial charge in [-0.15, -0.1) is 12.4 Å². The molecule has 1 fully saturated rings. The van der Waals surface area contributed by atoms with E-state index in [9.17, 15) is 4.79 Å². The largest absolute Gasteiger partial charge is 0.493 e. The highest BCUT2D eigenvalue weighted by atomic mass is 35.5. The molecule has 0 saturated heterocycles. The van der Waals surface area contributed by atoms with Crippen molar-refractivity contribution in [2.24, 2.45) is 0 Å². The van der Waals surface area contributed by atoms with Crippen LogP contribution in [0.5, 0.6) is 11.5 Å². The molecule has 2 atom stereocenters. The number of ether oxygens (including phenoxy) is 2. The fourth-order valence-corrected chi connectivity index (χ4v) is 3.97. The SMILES string of the molecule is COc1ccc(C(=O)Cc2ccncc2)c2c1O[C@@H]1CCCC[C@H]21.Cl. The summed E-state index contributed by atoms with van der Waals surface area (Å²) in [5, 5.41) is 0. The lowest BCUT2D eigenvalue weighted by atomic mass is 9.80. The van der Waals surface area contributed by atoms with Gasteiger partial charge in [0.05, 0.1) is 7.11 Å². The highest BCUT2D eigenvalue weighted by Crippen LogP contribution is 2.51. The summed E-state index contributed by atoms with van der Waals surface area (Å²) < 4.78 is 11.7. The summed E-state index contributed by atoms with van der Waals surface area (Å²) >= 11 is 0. The van der Waals surface area contributed by atoms with Gasteiger partial charge in [-0.1, -0.05) is 6.42 Å². The molecule has 1 aliphatic carbocycles. The molecule has 1 aromatic carbocycles. The molecule has 132 valence electrons. The van der Waals surface area contributed by atoms with E-state index < -0.39 is 0 Å². The maximum Gasteiger partial charge on any atom is 0.167 e. The van der Waals surface area contributed by atoms with Crippen molar-refractivity contribution in [2.75, 3.05) is 7.11 Å². The predicted octanol–water partition coefficient (Wildman–Crippen LogP) is 4.36. The second-order valence-electron chi connectivity index (χ2n) is 6.56. The summed E-state index contributed by atoms with van der Waals surface area (Å²) in [6.45, 7) is 0. The number of fused-ring (bicyclic) bond motifs is 3. The minimum absolute atomic E-state index is 0. The van der Waals surface area contributed by atoms with Crippen LogP contribution >= 0.6 is 12.4 Å². The summed E-state index contributed by atoms with van der Waals surface area (Å²) in [5.74, 6) is 1.98. The minimum Gasteiger partial charge on any atom is -0.493 e. The van der Waals surface area contributed by atoms with Crippen LogP contribution in [-0.4, -0.2) is 24.0 Å². The Morgan fingerprint density at radius 1 is 1.20 bits per heavy atom. The predicted molar refractivity (Wildman–Crippen MR) is 98.1 cm³/mol. The highest BCUT2D eigenvalue weighted by Gasteiger charge is 2.40. The highest BCUT2D eigenvalue weighted by molar-refractivity contribution is 6.00. The molecule has 25 heavy (non-hydrogen) atoms. The van der Waals surface area contributed by atoms with E-state index in [4.69, 9.17) is 9.47 Å². The summed E-state index contributed by atoms with van der Waals surface area (Å²) in [6.07, 6.45) is 8.55. The van der Waals surface area contributed by atoms with Crippen molar-refractivity contribution in [3.8, 4) is 11.5 Å². The van der Waals surface area contributed by atoms with Gasteiger partial charge in [0.1, 0.15) is 6.10 Å². The van der Waals surface area contributed by atoms with E-state index in [1.165, 1.54) is 12.8 Å². The first-order chi connectivity index (χ1) is 11.8. The monoisotopic (exact) mass is 359 g/mol. The smallest absolute Gasteiger partial charge is 0.167 e. The first-order valence-corrected chi connectivity index (χ1v) is 8.57. The molecule has 0 unspecified atom stereocenters. The van der Waals surface area contributed by atoms with Gasteiger partial charge in [0.15, 0.2) is 17.3 Å². The van der Waals surface area contributed by atoms with E-state index in [1.807, 2.05) is 24.3 Å². The van der Waals surface area contributed by atoms with E-state index >= 15 is 0 Å². The van der Waals surface area contributed by atoms with Crippen molar-refractivity contribution in [3.63, 3.8) is 0 Å². The summed E-state index contributed by atoms with van der Waals surface area (Å²) in [6, 6.07) is 7.54. The fourth-order valence-electron chi connectivity index (χ4n) is 3.97. The maximum absolute atomic E-state index is 12.9. The van der Waals surface area contributed by atoms with Crippen molar-refractivity contribution in [3.05, 3.63) is 53.3 Å². The average Bonchev–Trinajstić information content (AvgIpc) is 3.01. The van der Waals surface area contributed by atoms with Gasteiger partial charge in [0.25, 0.3) is 0 Å². The molecule has 4 nitrogen and oxygen atoms in total. The van der Waals surface area contributed by atoms with Crippen molar-refractivity contribution < 1.29 is 14.3 Å². The average molecular weight is 360 g/mol. The van der Waals surface area contributed by atoms with Crippen LogP contribution in [0, 0.1) is 0 Å². The molecule has 0 N–H and O–H groups in total. The molecule has 1 aromatic heterocycles. The quantitative estimate of drug-likeness (QED) is 0.761. The number of ketones is 1. The number of carbonyl (C=O) groups is 1. The molecule has 5 heteroatoms. The van der Waals surface area contributed by atoms with Crippen LogP contribution < -0.4 is 9.47 Å². The Hall–Kier alpha value is -2.07. The van der Waals surface area contributed by atoms with Gasteiger partial charge in [-0.2, -0.15) is 0 Å². The van der Waals surface area contributed by atoms with Crippen molar-refractivity contribution >= 4 is 18.2 Å². The summed E-state index contributed by atoms with van der Waals surface area (Å²) in [7, 11) is 1.65. The van der Waals surface area contributed by atoms with Gasteiger partial charge in [0.2, 0.25) is 0 Å². The molecule has 0 amide bonds. The molecular formula is C20H22ClNO3. The first kappa shape index (κ1) is 17.7. The molecule has 4 rings (SSSR count). The number of aromatic nitrogens is 1. The van der Waals surface area contributed by atoms with Gasteiger partial charge >= 0.3 is 0 Å². The van der Waals surface area contributed by atoms with E-state index in [2.05, 4.69) is 4.98 Å². The molecule has 0 radical (unpaired) electrons. The normalized spacial score (nSPS) is 20.7. The zero-order chi connectivity index (χ0) is 16.5. The van der Waals surface area contributed by atoms with Crippen molar-refractivity contribution in [1.29, 1.82) is 0 Å². The molecule has 1 saturated carbocycles. The third kappa shape index (κ3) is 3.23. The van der Waals surface area contributed by atoms with E-state index in [0.29, 0.717) is 12.3 Å². The Labute approximate surface area is 154 Å². The van der Waals surface area contributed by atoms with Gasteiger partial charge in [-0.05, 0) is 49.1 Å². The zero-order valence-electron chi connectivity index (χ0n) is 14.2. The summed E-state index contributed by atoms with van der Waals surface area (Å²) in [4.78, 5) is 16.9. The van der Waals surface area contributed by atoms with Gasteiger partial charge < -0.3 is 9.47 Å². The Morgan fingerprint density at radius 3 is 2.72 bits per heavy atom. The van der Waals surface area contributed by atoms with E-state index in [0.717, 1.165) is 41.0 Å². The van der Waals surface area contributed by atoms with Crippen LogP contribution in [-0.2, 0) is 6.42 Å². The lowest BCUT2D eigenvalue weighted by Crippen LogP contribution is -2.23. The third-order valence-corrected chi connectivity index (χ3v) is 5.14. The van der Waals surface area contributed by atoms with Gasteiger partial charge in [0, 0.05) is 35.9 Å². The summed E-state index contributed by atoms with van der Waals surface area (Å²) in [5.41, 5.74) is 2.84. The molecule has 0 spiro atoms. The molecule has 2 heterocycles. The van der Waals surface area contributed by atoms with Crippen molar-refractivity contribution in [2.45, 2.75) is 44.1 Å². The van der Waals surface area contributed by atoms with E-state index in [-0.39, 0.29) is 24.3 Å². The van der Waals surface area contributed by atoms with Gasteiger partial charge in [-0.25, -0.2) is 0 Å². The lowest BCUT2D eigenvalue weighted by Gasteiger charge is -2.24. The molecule has 2 aromatic rings. The number of methoxy groups -OCH3 is 1. The number of hydrogen-bond donors (Lipinski definition) is 0. The van der Waals surface area contributed by atoms with E-state index in [1.54, 1.807) is 19.5 Å². The van der Waals surface area contributed by atoms with Crippen LogP contribution in [0.2, 0.25) is 0 Å². The minimum atomic E-state index is 0. The standard InChI is InChI=1S/C20H21NO3.ClH/c1-23-18-7-6-14(16(22)12-13-8-10-21-11-9-13)19-15-4-2-3-5-17(15)24-20(18)19;/h6-11,15,17H,2-5,12H2,1H3;1H/t15-,17+;/m0./s1. The number of Topliss-reactive ketones (excluding diaryl/α,β-unsaturated/α-hetero) is 1. The van der Waals surface area contributed by atoms with Crippen LogP contribution in [0.4, 0.5) is 0 Å². The number of nitrogens with zero attached hydrogens (tertiary/aromatic N) is 1. The van der Waals surface area contributed by atoms with Crippen molar-refractivity contribution in [1.82, 2.24) is 4.98 Å². The fraction of sp³-hybridized carbons (Fsp3) is 0.400. The molecule has 2 aliphatic rings. The Kier molecular flexibility index (Phi) is 5.28. The molecular weight excluding hydrogens is 338 g/mol. The van der Waals surface area contributed by atoms with Crippen LogP contribution in [0.15, 0.2) is 36.7 Å². The first-order valence-electron chi connectivity index (χ1n) is 8.57. The zero-order valence-corrected chi connectivity index (χ0v) is 15.1. The Bertz CT molecular complexity index is 763. The Balaban J connectivity index is 0.00000182. The van der Waals surface area contributed by atoms with Gasteiger partial charge in [-0.3, -0.25) is 9.78 Å². The number of carbonyl (C=O) groups excluding carboxylic acids is 1. The second-order valence-corrected chi connectivity index (χ2v) is 6.56. The number of halogens is 1.